The third kappa shape index (κ3) is 2.92. The average Bonchev–Trinajstić information content (AvgIpc) is 3.33. The number of fused-ring (bicyclic) bond motifs is 2. The highest BCUT2D eigenvalue weighted by molar-refractivity contribution is 5.30. The lowest BCUT2D eigenvalue weighted by Crippen LogP contribution is -2.57. The Morgan fingerprint density at radius 3 is 2.15 bits per heavy atom. The van der Waals surface area contributed by atoms with Crippen LogP contribution in [0, 0.1) is 56.7 Å². The third-order valence-corrected chi connectivity index (χ3v) is 13.7. The number of rotatable bonds is 5. The Morgan fingerprint density at radius 1 is 0.848 bits per heavy atom. The first-order valence-corrected chi connectivity index (χ1v) is 14.3. The van der Waals surface area contributed by atoms with Gasteiger partial charge in [0.15, 0.2) is 0 Å². The van der Waals surface area contributed by atoms with Crippen molar-refractivity contribution >= 4 is 0 Å². The maximum Gasteiger partial charge on any atom is 0.0605 e. The molecule has 0 aliphatic heterocycles. The molecule has 188 valence electrons. The topological polar surface area (TPSA) is 40.5 Å². The van der Waals surface area contributed by atoms with Crippen LogP contribution in [0.5, 0.6) is 0 Å². The lowest BCUT2D eigenvalue weighted by molar-refractivity contribution is -0.163. The average molecular weight is 457 g/mol. The van der Waals surface area contributed by atoms with Gasteiger partial charge < -0.3 is 10.2 Å². The summed E-state index contributed by atoms with van der Waals surface area (Å²) >= 11 is 0. The van der Waals surface area contributed by atoms with Crippen LogP contribution in [-0.4, -0.2) is 22.4 Å². The maximum atomic E-state index is 11.2. The quantitative estimate of drug-likeness (QED) is 0.423. The van der Waals surface area contributed by atoms with E-state index >= 15 is 0 Å². The molecule has 2 nitrogen and oxygen atoms in total. The Morgan fingerprint density at radius 2 is 1.48 bits per heavy atom. The predicted octanol–water partition coefficient (Wildman–Crippen LogP) is 7.39. The van der Waals surface area contributed by atoms with Crippen LogP contribution in [0.4, 0.5) is 0 Å². The summed E-state index contributed by atoms with van der Waals surface area (Å²) in [6.45, 7) is 21.0. The molecule has 33 heavy (non-hydrogen) atoms. The molecule has 2 spiro atoms. The van der Waals surface area contributed by atoms with E-state index in [1.165, 1.54) is 56.9 Å². The smallest absolute Gasteiger partial charge is 0.0605 e. The van der Waals surface area contributed by atoms with Crippen molar-refractivity contribution in [2.75, 3.05) is 0 Å². The van der Waals surface area contributed by atoms with Crippen molar-refractivity contribution in [2.45, 2.75) is 125 Å². The van der Waals surface area contributed by atoms with Gasteiger partial charge in [0, 0.05) is 0 Å². The van der Waals surface area contributed by atoms with Gasteiger partial charge in [0.25, 0.3) is 0 Å². The van der Waals surface area contributed by atoms with Crippen LogP contribution in [-0.2, 0) is 0 Å². The fourth-order valence-electron chi connectivity index (χ4n) is 11.2. The van der Waals surface area contributed by atoms with Crippen molar-refractivity contribution in [3.63, 3.8) is 0 Å². The number of hydrogen-bond acceptors (Lipinski definition) is 2. The molecule has 0 radical (unpaired) electrons. The lowest BCUT2D eigenvalue weighted by Gasteiger charge is -2.63. The minimum absolute atomic E-state index is 0.0734. The Hall–Kier alpha value is -0.340. The van der Waals surface area contributed by atoms with Crippen LogP contribution in [0.3, 0.4) is 0 Å². The highest BCUT2D eigenvalue weighted by Gasteiger charge is 2.82. The fraction of sp³-hybridized carbons (Fsp3) is 0.935. The van der Waals surface area contributed by atoms with Crippen molar-refractivity contribution in [1.29, 1.82) is 0 Å². The second kappa shape index (κ2) is 7.34. The molecule has 0 saturated heterocycles. The minimum Gasteiger partial charge on any atom is -0.393 e. The molecule has 0 aromatic carbocycles. The van der Waals surface area contributed by atoms with Gasteiger partial charge >= 0.3 is 0 Å². The maximum absolute atomic E-state index is 11.2. The first kappa shape index (κ1) is 24.4. The van der Waals surface area contributed by atoms with E-state index in [1.807, 2.05) is 0 Å². The Labute approximate surface area is 204 Å². The van der Waals surface area contributed by atoms with Gasteiger partial charge in [0.05, 0.1) is 12.2 Å². The normalized spacial score (nSPS) is 51.7. The molecule has 5 aliphatic rings. The molecule has 0 aromatic rings. The zero-order valence-corrected chi connectivity index (χ0v) is 22.7. The molecule has 0 amide bonds. The molecular formula is C31H52O2. The Kier molecular flexibility index (Phi) is 5.42. The predicted molar refractivity (Wildman–Crippen MR) is 137 cm³/mol. The number of aliphatic hydroxyl groups is 2. The Bertz CT molecular complexity index is 814. The van der Waals surface area contributed by atoms with E-state index in [2.05, 4.69) is 55.0 Å². The first-order valence-electron chi connectivity index (χ1n) is 14.3. The summed E-state index contributed by atoms with van der Waals surface area (Å²) in [5.41, 5.74) is 3.06. The van der Waals surface area contributed by atoms with Crippen LogP contribution in [0.1, 0.15) is 113 Å². The van der Waals surface area contributed by atoms with Gasteiger partial charge in [-0.05, 0) is 121 Å². The first-order chi connectivity index (χ1) is 15.3. The molecule has 2 heteroatoms. The fourth-order valence-corrected chi connectivity index (χ4v) is 11.2. The van der Waals surface area contributed by atoms with Crippen molar-refractivity contribution in [3.05, 3.63) is 12.2 Å². The molecule has 5 rings (SSSR count). The van der Waals surface area contributed by atoms with E-state index in [-0.39, 0.29) is 17.6 Å². The monoisotopic (exact) mass is 456 g/mol. The summed E-state index contributed by atoms with van der Waals surface area (Å²) in [4.78, 5) is 0. The second-order valence-electron chi connectivity index (χ2n) is 15.0. The van der Waals surface area contributed by atoms with E-state index in [4.69, 9.17) is 0 Å². The number of aliphatic hydroxyl groups excluding tert-OH is 2. The molecule has 2 N–H and O–H groups in total. The Balaban J connectivity index is 1.40. The molecule has 0 heterocycles. The lowest BCUT2D eigenvalue weighted by atomic mass is 9.41. The SMILES string of the molecule is C=C(C[C@H](O)[C@@H](C)[C@H]1CC[C@@]2(C)[C@@H]3CC[C@H]4C(C)(C)[C@@H](O)CC[C@@]45C[C@@]35CC[C@]12C)C(C)C. The largest absolute Gasteiger partial charge is 0.393 e. The van der Waals surface area contributed by atoms with Crippen molar-refractivity contribution < 1.29 is 10.2 Å². The van der Waals surface area contributed by atoms with Crippen LogP contribution in [0.25, 0.3) is 0 Å². The van der Waals surface area contributed by atoms with E-state index in [0.29, 0.717) is 45.3 Å². The van der Waals surface area contributed by atoms with Crippen LogP contribution < -0.4 is 0 Å². The van der Waals surface area contributed by atoms with E-state index in [0.717, 1.165) is 18.8 Å². The van der Waals surface area contributed by atoms with Gasteiger partial charge in [-0.15, -0.1) is 0 Å². The van der Waals surface area contributed by atoms with Crippen LogP contribution in [0.2, 0.25) is 0 Å². The molecule has 5 aliphatic carbocycles. The van der Waals surface area contributed by atoms with Crippen molar-refractivity contribution in [3.8, 4) is 0 Å². The van der Waals surface area contributed by atoms with Gasteiger partial charge in [0.2, 0.25) is 0 Å². The van der Waals surface area contributed by atoms with Crippen LogP contribution in [0.15, 0.2) is 12.2 Å². The van der Waals surface area contributed by atoms with Gasteiger partial charge in [-0.25, -0.2) is 0 Å². The molecule has 0 bridgehead atoms. The summed E-state index contributed by atoms with van der Waals surface area (Å²) in [5.74, 6) is 2.95. The summed E-state index contributed by atoms with van der Waals surface area (Å²) < 4.78 is 0. The summed E-state index contributed by atoms with van der Waals surface area (Å²) in [7, 11) is 0. The van der Waals surface area contributed by atoms with Gasteiger partial charge in [-0.2, -0.15) is 0 Å². The van der Waals surface area contributed by atoms with Gasteiger partial charge in [-0.1, -0.05) is 60.6 Å². The van der Waals surface area contributed by atoms with Gasteiger partial charge in [0.1, 0.15) is 0 Å². The second-order valence-corrected chi connectivity index (χ2v) is 15.0. The van der Waals surface area contributed by atoms with E-state index in [9.17, 15) is 10.2 Å². The standard InChI is InChI=1S/C31H52O2/c1-19(2)20(3)17-23(32)21(4)22-11-13-29(8)25-10-9-24-27(5,6)26(33)12-14-30(24)18-31(25,30)16-15-28(22,29)7/h19,21-26,32-33H,3,9-18H2,1-2,4-8H3/t21-,22+,23-,24-,25-,26-,28+,29-,30+,31-/m0/s1. The van der Waals surface area contributed by atoms with E-state index < -0.39 is 0 Å². The van der Waals surface area contributed by atoms with Crippen molar-refractivity contribution in [1.82, 2.24) is 0 Å². The summed E-state index contributed by atoms with van der Waals surface area (Å²) in [6.07, 6.45) is 12.1. The number of hydrogen-bond donors (Lipinski definition) is 2. The highest BCUT2D eigenvalue weighted by Crippen LogP contribution is 2.89. The highest BCUT2D eigenvalue weighted by atomic mass is 16.3. The summed E-state index contributed by atoms with van der Waals surface area (Å²) in [6, 6.07) is 0. The molecule has 0 aromatic heterocycles. The molecule has 10 atom stereocenters. The van der Waals surface area contributed by atoms with Crippen molar-refractivity contribution in [2.24, 2.45) is 56.7 Å². The molecule has 0 unspecified atom stereocenters. The zero-order chi connectivity index (χ0) is 24.2. The summed E-state index contributed by atoms with van der Waals surface area (Å²) in [5, 5.41) is 22.1. The zero-order valence-electron chi connectivity index (χ0n) is 22.7. The van der Waals surface area contributed by atoms with Gasteiger partial charge in [-0.3, -0.25) is 0 Å². The minimum atomic E-state index is -0.261. The molecular weight excluding hydrogens is 404 g/mol. The van der Waals surface area contributed by atoms with Crippen LogP contribution >= 0.6 is 0 Å². The molecule has 5 fully saturated rings. The van der Waals surface area contributed by atoms with E-state index in [1.54, 1.807) is 0 Å². The third-order valence-electron chi connectivity index (χ3n) is 13.7. The molecule has 5 saturated carbocycles.